The Morgan fingerprint density at radius 3 is 2.80 bits per heavy atom. The molecular weight excluding hydrogens is 324 g/mol. The molecule has 1 aliphatic carbocycles. The van der Waals surface area contributed by atoms with Gasteiger partial charge in [-0.15, -0.1) is 0 Å². The molecule has 1 heterocycles. The van der Waals surface area contributed by atoms with Gasteiger partial charge in [-0.25, -0.2) is 4.98 Å². The summed E-state index contributed by atoms with van der Waals surface area (Å²) in [5.41, 5.74) is 2.80. The van der Waals surface area contributed by atoms with Gasteiger partial charge in [0.1, 0.15) is 5.75 Å². The van der Waals surface area contributed by atoms with Gasteiger partial charge in [0.2, 0.25) is 0 Å². The van der Waals surface area contributed by atoms with E-state index < -0.39 is 6.61 Å². The second-order valence-corrected chi connectivity index (χ2v) is 5.93. The molecule has 0 spiro atoms. The lowest BCUT2D eigenvalue weighted by Gasteiger charge is -2.25. The third-order valence-corrected chi connectivity index (χ3v) is 4.42. The number of imidazole rings is 1. The number of halogens is 2. The lowest BCUT2D eigenvalue weighted by Crippen LogP contribution is -2.29. The summed E-state index contributed by atoms with van der Waals surface area (Å²) in [5.74, 6) is 0.162. The van der Waals surface area contributed by atoms with E-state index in [0.717, 1.165) is 29.2 Å². The van der Waals surface area contributed by atoms with E-state index in [1.54, 1.807) is 24.5 Å². The minimum Gasteiger partial charge on any atom is -0.433 e. The Kier molecular flexibility index (Phi) is 4.88. The van der Waals surface area contributed by atoms with E-state index in [1.165, 1.54) is 5.57 Å². The van der Waals surface area contributed by atoms with Crippen LogP contribution in [0.5, 0.6) is 5.75 Å². The van der Waals surface area contributed by atoms with Crippen LogP contribution in [-0.4, -0.2) is 23.2 Å². The second-order valence-electron chi connectivity index (χ2n) is 5.93. The maximum Gasteiger partial charge on any atom is 0.387 e. The van der Waals surface area contributed by atoms with Crippen molar-refractivity contribution >= 4 is 17.8 Å². The Labute approximate surface area is 145 Å². The minimum atomic E-state index is -2.86. The molecule has 25 heavy (non-hydrogen) atoms. The van der Waals surface area contributed by atoms with E-state index >= 15 is 0 Å². The summed E-state index contributed by atoms with van der Waals surface area (Å²) in [6, 6.07) is 6.84. The number of ether oxygens (including phenoxy) is 1. The van der Waals surface area contributed by atoms with Gasteiger partial charge in [-0.3, -0.25) is 0 Å². The van der Waals surface area contributed by atoms with Crippen LogP contribution in [0.25, 0.3) is 12.2 Å². The Hall–Kier alpha value is -2.63. The minimum absolute atomic E-state index is 0.162. The van der Waals surface area contributed by atoms with E-state index in [0.29, 0.717) is 5.69 Å². The number of fused-ring (bicyclic) bond motifs is 1. The average molecular weight is 345 g/mol. The van der Waals surface area contributed by atoms with Crippen LogP contribution in [0.15, 0.2) is 41.9 Å². The molecular formula is C19H21F2N3O. The van der Waals surface area contributed by atoms with Crippen LogP contribution < -0.4 is 20.3 Å². The topological polar surface area (TPSA) is 30.3 Å². The molecule has 0 amide bonds. The average Bonchev–Trinajstić information content (AvgIpc) is 2.83. The zero-order valence-electron chi connectivity index (χ0n) is 14.5. The highest BCUT2D eigenvalue weighted by atomic mass is 19.3. The molecule has 0 atom stereocenters. The predicted octanol–water partition coefficient (Wildman–Crippen LogP) is 2.79. The van der Waals surface area contributed by atoms with E-state index in [2.05, 4.69) is 24.1 Å². The molecule has 1 aliphatic rings. The lowest BCUT2D eigenvalue weighted by molar-refractivity contribution is -0.0494. The first-order valence-corrected chi connectivity index (χ1v) is 8.20. The van der Waals surface area contributed by atoms with Crippen molar-refractivity contribution in [2.45, 2.75) is 26.4 Å². The van der Waals surface area contributed by atoms with Crippen molar-refractivity contribution in [2.75, 3.05) is 11.9 Å². The molecule has 0 N–H and O–H groups in total. The third-order valence-electron chi connectivity index (χ3n) is 4.42. The smallest absolute Gasteiger partial charge is 0.387 e. The summed E-state index contributed by atoms with van der Waals surface area (Å²) in [6.45, 7) is -0.764. The highest BCUT2D eigenvalue weighted by Crippen LogP contribution is 2.33. The van der Waals surface area contributed by atoms with Crippen LogP contribution >= 0.6 is 0 Å². The van der Waals surface area contributed by atoms with Crippen molar-refractivity contribution in [1.29, 1.82) is 0 Å². The number of aromatic nitrogens is 2. The fraction of sp³-hybridized carbons (Fsp3) is 0.316. The highest BCUT2D eigenvalue weighted by molar-refractivity contribution is 5.69. The molecule has 132 valence electrons. The number of benzene rings is 1. The highest BCUT2D eigenvalue weighted by Gasteiger charge is 2.17. The molecule has 4 nitrogen and oxygen atoms in total. The van der Waals surface area contributed by atoms with Gasteiger partial charge in [0.05, 0.1) is 22.7 Å². The number of rotatable bonds is 5. The fourth-order valence-electron chi connectivity index (χ4n) is 3.07. The molecule has 0 unspecified atom stereocenters. The normalized spacial score (nSPS) is 13.8. The number of anilines is 1. The predicted molar refractivity (Wildman–Crippen MR) is 94.8 cm³/mol. The molecule has 0 saturated carbocycles. The molecule has 6 heteroatoms. The molecule has 2 aromatic rings. The first kappa shape index (κ1) is 17.2. The van der Waals surface area contributed by atoms with Crippen LogP contribution in [0.4, 0.5) is 14.5 Å². The Morgan fingerprint density at radius 2 is 2.08 bits per heavy atom. The Bertz CT molecular complexity index is 915. The number of nitrogens with zero attached hydrogens (tertiary/aromatic N) is 3. The van der Waals surface area contributed by atoms with Crippen LogP contribution in [0, 0.1) is 0 Å². The quantitative estimate of drug-likeness (QED) is 0.835. The van der Waals surface area contributed by atoms with Crippen LogP contribution in [-0.2, 0) is 7.05 Å². The summed E-state index contributed by atoms with van der Waals surface area (Å²) < 4.78 is 32.1. The van der Waals surface area contributed by atoms with Gasteiger partial charge in [0.15, 0.2) is 0 Å². The van der Waals surface area contributed by atoms with Crippen molar-refractivity contribution < 1.29 is 13.5 Å². The molecule has 0 radical (unpaired) electrons. The zero-order chi connectivity index (χ0) is 18.0. The van der Waals surface area contributed by atoms with Gasteiger partial charge >= 0.3 is 6.61 Å². The largest absolute Gasteiger partial charge is 0.433 e. The molecule has 1 aromatic heterocycles. The summed E-state index contributed by atoms with van der Waals surface area (Å²) in [5, 5.41) is 1.94. The number of alkyl halides is 2. The van der Waals surface area contributed by atoms with Crippen LogP contribution in [0.3, 0.4) is 0 Å². The van der Waals surface area contributed by atoms with Gasteiger partial charge in [0.25, 0.3) is 0 Å². The molecule has 3 rings (SSSR count). The standard InChI is InChI=1S/C19H21F2N3O/c1-4-13-9-10-14-17(23(2)12-22-14)11-16(13)24(3)15-7-5-6-8-18(15)25-19(20)21/h5-8,10-12,19H,4,9H2,1-3H3. The summed E-state index contributed by atoms with van der Waals surface area (Å²) in [4.78, 5) is 6.32. The van der Waals surface area contributed by atoms with Crippen molar-refractivity contribution in [2.24, 2.45) is 7.05 Å². The second kappa shape index (κ2) is 7.09. The number of para-hydroxylation sites is 2. The van der Waals surface area contributed by atoms with Gasteiger partial charge in [-0.1, -0.05) is 25.1 Å². The van der Waals surface area contributed by atoms with E-state index in [9.17, 15) is 8.78 Å². The van der Waals surface area contributed by atoms with Crippen molar-refractivity contribution in [3.8, 4) is 5.75 Å². The van der Waals surface area contributed by atoms with Crippen molar-refractivity contribution in [3.63, 3.8) is 0 Å². The molecule has 0 saturated heterocycles. The SMILES string of the molecule is CCC1=C(N(C)c2ccccc2OC(F)F)C=c2c(ncn2C)=CC1. The Morgan fingerprint density at radius 1 is 1.32 bits per heavy atom. The third kappa shape index (κ3) is 3.43. The maximum atomic E-state index is 12.7. The summed E-state index contributed by atoms with van der Waals surface area (Å²) in [6.07, 6.45) is 7.57. The summed E-state index contributed by atoms with van der Waals surface area (Å²) >= 11 is 0. The fourth-order valence-corrected chi connectivity index (χ4v) is 3.07. The number of aryl methyl sites for hydroxylation is 1. The van der Waals surface area contributed by atoms with E-state index in [1.807, 2.05) is 29.6 Å². The number of allylic oxidation sites excluding steroid dienone is 2. The van der Waals surface area contributed by atoms with Gasteiger partial charge in [0, 0.05) is 19.8 Å². The number of hydrogen-bond acceptors (Lipinski definition) is 3. The zero-order valence-corrected chi connectivity index (χ0v) is 14.5. The number of hydrogen-bond donors (Lipinski definition) is 0. The first-order valence-electron chi connectivity index (χ1n) is 8.20. The van der Waals surface area contributed by atoms with E-state index in [-0.39, 0.29) is 5.75 Å². The summed E-state index contributed by atoms with van der Waals surface area (Å²) in [7, 11) is 3.81. The van der Waals surface area contributed by atoms with Gasteiger partial charge in [-0.05, 0) is 36.6 Å². The lowest BCUT2D eigenvalue weighted by atomic mass is 10.1. The van der Waals surface area contributed by atoms with Gasteiger partial charge in [-0.2, -0.15) is 8.78 Å². The van der Waals surface area contributed by atoms with Crippen molar-refractivity contribution in [1.82, 2.24) is 9.55 Å². The van der Waals surface area contributed by atoms with Gasteiger partial charge < -0.3 is 14.2 Å². The van der Waals surface area contributed by atoms with Crippen molar-refractivity contribution in [3.05, 3.63) is 52.6 Å². The first-order chi connectivity index (χ1) is 12.0. The molecule has 0 bridgehead atoms. The van der Waals surface area contributed by atoms with Crippen LogP contribution in [0.1, 0.15) is 19.8 Å². The van der Waals surface area contributed by atoms with E-state index in [4.69, 9.17) is 4.74 Å². The Balaban J connectivity index is 2.11. The molecule has 1 aromatic carbocycles. The monoisotopic (exact) mass is 345 g/mol. The molecule has 0 fully saturated rings. The maximum absolute atomic E-state index is 12.7. The molecule has 0 aliphatic heterocycles. The van der Waals surface area contributed by atoms with Crippen LogP contribution in [0.2, 0.25) is 0 Å².